The Balaban J connectivity index is 1.77. The highest BCUT2D eigenvalue weighted by atomic mass is 16.6. The number of ether oxygens (including phenoxy) is 2. The fourth-order valence-corrected chi connectivity index (χ4v) is 4.54. The Bertz CT molecular complexity index is 1410. The third kappa shape index (κ3) is 6.80. The van der Waals surface area contributed by atoms with E-state index in [1.807, 2.05) is 12.1 Å². The Morgan fingerprint density at radius 2 is 1.41 bits per heavy atom. The van der Waals surface area contributed by atoms with E-state index in [0.717, 1.165) is 11.1 Å². The van der Waals surface area contributed by atoms with Gasteiger partial charge in [0.05, 0.1) is 58.8 Å². The van der Waals surface area contributed by atoms with Gasteiger partial charge in [0, 0.05) is 36.9 Å². The van der Waals surface area contributed by atoms with Crippen molar-refractivity contribution in [1.82, 2.24) is 15.3 Å². The number of hydrogen-bond acceptors (Lipinski definition) is 9. The average Bonchev–Trinajstić information content (AvgIpc) is 2.98. The number of carbonyl (C=O) groups is 2. The van der Waals surface area contributed by atoms with E-state index >= 15 is 0 Å². The molecule has 212 valence electrons. The molecular weight excluding hydrogens is 532 g/mol. The van der Waals surface area contributed by atoms with Crippen LogP contribution in [0.4, 0.5) is 5.69 Å². The van der Waals surface area contributed by atoms with Gasteiger partial charge in [0.25, 0.3) is 5.69 Å². The minimum absolute atomic E-state index is 0.0994. The van der Waals surface area contributed by atoms with Crippen LogP contribution < -0.4 is 5.32 Å². The van der Waals surface area contributed by atoms with Crippen LogP contribution in [-0.4, -0.2) is 50.3 Å². The number of carboxylic acid groups (broad SMARTS) is 2. The van der Waals surface area contributed by atoms with Crippen molar-refractivity contribution in [1.29, 1.82) is 0 Å². The first kappa shape index (κ1) is 29.1. The normalized spacial score (nSPS) is 16.6. The van der Waals surface area contributed by atoms with Crippen molar-refractivity contribution in [2.45, 2.75) is 32.0 Å². The number of nitrogens with zero attached hydrogens (tertiary/aromatic N) is 3. The summed E-state index contributed by atoms with van der Waals surface area (Å²) in [6.45, 7) is 3.10. The van der Waals surface area contributed by atoms with Crippen LogP contribution in [0.2, 0.25) is 0 Å². The maximum absolute atomic E-state index is 12.7. The number of dihydropyridines is 1. The molecule has 2 unspecified atom stereocenters. The molecule has 2 atom stereocenters. The molecular formula is C29H28N4O8. The van der Waals surface area contributed by atoms with Gasteiger partial charge in [0.1, 0.15) is 0 Å². The first-order chi connectivity index (χ1) is 19.7. The predicted octanol–water partition coefficient (Wildman–Crippen LogP) is 4.30. The van der Waals surface area contributed by atoms with Gasteiger partial charge in [-0.3, -0.25) is 20.1 Å². The maximum atomic E-state index is 12.7. The number of benzene rings is 1. The molecule has 0 saturated carbocycles. The van der Waals surface area contributed by atoms with Crippen molar-refractivity contribution in [3.05, 3.63) is 123 Å². The lowest BCUT2D eigenvalue weighted by atomic mass is 9.80. The highest BCUT2D eigenvalue weighted by Crippen LogP contribution is 2.40. The molecule has 12 heteroatoms. The van der Waals surface area contributed by atoms with Crippen LogP contribution in [0, 0.1) is 10.1 Å². The number of carboxylic acids is 2. The van der Waals surface area contributed by atoms with Gasteiger partial charge in [-0.2, -0.15) is 0 Å². The fraction of sp³-hybridized carbons (Fsp3) is 0.241. The minimum atomic E-state index is -1.40. The zero-order valence-corrected chi connectivity index (χ0v) is 22.3. The lowest BCUT2D eigenvalue weighted by Crippen LogP contribution is -2.36. The smallest absolute Gasteiger partial charge is 0.334 e. The molecule has 2 aromatic heterocycles. The molecule has 4 rings (SSSR count). The largest absolute Gasteiger partial charge is 0.478 e. The summed E-state index contributed by atoms with van der Waals surface area (Å²) in [7, 11) is 0. The van der Waals surface area contributed by atoms with E-state index in [1.165, 1.54) is 24.3 Å². The molecule has 3 N–H and O–H groups in total. The lowest BCUT2D eigenvalue weighted by molar-refractivity contribution is -0.384. The summed E-state index contributed by atoms with van der Waals surface area (Å²) in [6, 6.07) is 12.4. The van der Waals surface area contributed by atoms with Gasteiger partial charge in [-0.1, -0.05) is 24.3 Å². The Morgan fingerprint density at radius 1 is 0.902 bits per heavy atom. The molecule has 41 heavy (non-hydrogen) atoms. The molecule has 0 amide bonds. The number of nitrogens with one attached hydrogen (secondary N) is 1. The van der Waals surface area contributed by atoms with E-state index in [0.29, 0.717) is 0 Å². The zero-order chi connectivity index (χ0) is 29.5. The number of pyridine rings is 2. The van der Waals surface area contributed by atoms with Gasteiger partial charge in [0.2, 0.25) is 0 Å². The van der Waals surface area contributed by atoms with E-state index in [1.54, 1.807) is 50.8 Å². The second-order valence-electron chi connectivity index (χ2n) is 9.28. The molecule has 12 nitrogen and oxygen atoms in total. The highest BCUT2D eigenvalue weighted by molar-refractivity contribution is 5.98. The molecule has 0 bridgehead atoms. The number of nitro benzene ring substituents is 1. The fourth-order valence-electron chi connectivity index (χ4n) is 4.54. The molecule has 1 aromatic carbocycles. The van der Waals surface area contributed by atoms with Crippen molar-refractivity contribution >= 4 is 17.6 Å². The van der Waals surface area contributed by atoms with Crippen molar-refractivity contribution < 1.29 is 34.2 Å². The van der Waals surface area contributed by atoms with E-state index in [4.69, 9.17) is 9.47 Å². The molecule has 3 aromatic rings. The Morgan fingerprint density at radius 3 is 1.83 bits per heavy atom. The number of nitro groups is 1. The number of hydrogen-bond donors (Lipinski definition) is 3. The average molecular weight is 561 g/mol. The van der Waals surface area contributed by atoms with Crippen LogP contribution in [0.5, 0.6) is 0 Å². The summed E-state index contributed by atoms with van der Waals surface area (Å²) in [4.78, 5) is 44.3. The molecule has 0 radical (unpaired) electrons. The summed E-state index contributed by atoms with van der Waals surface area (Å²) in [5.41, 5.74) is 0.936. The van der Waals surface area contributed by atoms with Crippen LogP contribution in [0.3, 0.4) is 0 Å². The summed E-state index contributed by atoms with van der Waals surface area (Å²) in [5, 5.41) is 35.1. The van der Waals surface area contributed by atoms with Gasteiger partial charge in [0.15, 0.2) is 0 Å². The third-order valence-electron chi connectivity index (χ3n) is 6.67. The summed E-state index contributed by atoms with van der Waals surface area (Å²) in [5.74, 6) is -4.15. The van der Waals surface area contributed by atoms with Crippen LogP contribution in [0.1, 0.15) is 48.7 Å². The van der Waals surface area contributed by atoms with Crippen LogP contribution in [-0.2, 0) is 19.1 Å². The van der Waals surface area contributed by atoms with Crippen molar-refractivity contribution in [2.24, 2.45) is 0 Å². The zero-order valence-electron chi connectivity index (χ0n) is 22.3. The highest BCUT2D eigenvalue weighted by Gasteiger charge is 2.39. The van der Waals surface area contributed by atoms with E-state index in [2.05, 4.69) is 15.3 Å². The number of non-ortho nitro benzene ring substituents is 1. The second-order valence-corrected chi connectivity index (χ2v) is 9.28. The summed E-state index contributed by atoms with van der Waals surface area (Å²) >= 11 is 0. The Hall–Kier alpha value is -4.94. The lowest BCUT2D eigenvalue weighted by Gasteiger charge is -2.32. The Labute approximate surface area is 235 Å². The first-order valence-electron chi connectivity index (χ1n) is 12.6. The van der Waals surface area contributed by atoms with Crippen LogP contribution >= 0.6 is 0 Å². The number of aromatic nitrogens is 2. The number of aliphatic carboxylic acids is 2. The van der Waals surface area contributed by atoms with Crippen LogP contribution in [0.25, 0.3) is 0 Å². The summed E-state index contributed by atoms with van der Waals surface area (Å²) < 4.78 is 12.0. The minimum Gasteiger partial charge on any atom is -0.478 e. The van der Waals surface area contributed by atoms with Gasteiger partial charge in [-0.05, 0) is 42.7 Å². The third-order valence-corrected chi connectivity index (χ3v) is 6.67. The predicted molar refractivity (Wildman–Crippen MR) is 146 cm³/mol. The molecule has 3 heterocycles. The molecule has 1 aliphatic heterocycles. The van der Waals surface area contributed by atoms with Crippen molar-refractivity contribution in [3.8, 4) is 0 Å². The van der Waals surface area contributed by atoms with E-state index in [9.17, 15) is 29.9 Å². The molecule has 0 saturated heterocycles. The van der Waals surface area contributed by atoms with E-state index < -0.39 is 35.0 Å². The maximum Gasteiger partial charge on any atom is 0.334 e. The standard InChI is InChI=1S/C29H28N4O8/c1-17(20-7-4-10-30-13-20)40-15-23-26(28(34)35)25(19-6-3-9-22(12-19)33(38)39)27(29(36)37)24(32-23)16-41-18(2)21-8-5-11-31-14-21/h3-14,17-18,25,32H,15-16H2,1-2H3,(H,34,35)(H,36,37). The monoisotopic (exact) mass is 560 g/mol. The molecule has 0 aliphatic carbocycles. The topological polar surface area (TPSA) is 174 Å². The van der Waals surface area contributed by atoms with Gasteiger partial charge in [-0.25, -0.2) is 9.59 Å². The number of rotatable bonds is 12. The summed E-state index contributed by atoms with van der Waals surface area (Å²) in [6.07, 6.45) is 5.53. The SMILES string of the molecule is CC(OCC1=C(C(=O)O)C(c2cccc([N+](=O)[O-])c2)C(C(=O)O)=C(COC(C)c2cccnc2)N1)c1cccnc1. The van der Waals surface area contributed by atoms with Crippen LogP contribution in [0.15, 0.2) is 95.9 Å². The van der Waals surface area contributed by atoms with Gasteiger partial charge < -0.3 is 25.0 Å². The molecule has 1 aliphatic rings. The van der Waals surface area contributed by atoms with Gasteiger partial charge >= 0.3 is 11.9 Å². The molecule has 0 spiro atoms. The van der Waals surface area contributed by atoms with Crippen molar-refractivity contribution in [2.75, 3.05) is 13.2 Å². The van der Waals surface area contributed by atoms with Crippen molar-refractivity contribution in [3.63, 3.8) is 0 Å². The molecule has 0 fully saturated rings. The van der Waals surface area contributed by atoms with E-state index in [-0.39, 0.29) is 47.0 Å². The Kier molecular flexibility index (Phi) is 9.17. The first-order valence-corrected chi connectivity index (χ1v) is 12.6. The quantitative estimate of drug-likeness (QED) is 0.213. The van der Waals surface area contributed by atoms with Gasteiger partial charge in [-0.15, -0.1) is 0 Å². The second kappa shape index (κ2) is 12.9.